The van der Waals surface area contributed by atoms with Gasteiger partial charge in [0.05, 0.1) is 0 Å². The van der Waals surface area contributed by atoms with E-state index in [4.69, 9.17) is 0 Å². The first kappa shape index (κ1) is 13.8. The SMILES string of the molecule is CCc1cc(Br)ccc1NC(=O)C(C)n1cccn1. The van der Waals surface area contributed by atoms with Crippen molar-refractivity contribution in [1.29, 1.82) is 0 Å². The first-order chi connectivity index (χ1) is 9.11. The van der Waals surface area contributed by atoms with Gasteiger partial charge in [-0.15, -0.1) is 0 Å². The van der Waals surface area contributed by atoms with Crippen LogP contribution in [-0.2, 0) is 11.2 Å². The van der Waals surface area contributed by atoms with E-state index in [1.807, 2.05) is 25.1 Å². The Morgan fingerprint density at radius 1 is 1.53 bits per heavy atom. The quantitative estimate of drug-likeness (QED) is 0.938. The van der Waals surface area contributed by atoms with E-state index in [9.17, 15) is 4.79 Å². The van der Waals surface area contributed by atoms with Crippen molar-refractivity contribution in [1.82, 2.24) is 9.78 Å². The largest absolute Gasteiger partial charge is 0.324 e. The van der Waals surface area contributed by atoms with Crippen LogP contribution in [0.4, 0.5) is 5.69 Å². The van der Waals surface area contributed by atoms with Crippen molar-refractivity contribution in [3.8, 4) is 0 Å². The number of nitrogens with zero attached hydrogens (tertiary/aromatic N) is 2. The maximum absolute atomic E-state index is 12.2. The molecule has 0 spiro atoms. The van der Waals surface area contributed by atoms with Crippen molar-refractivity contribution in [3.05, 3.63) is 46.7 Å². The normalized spacial score (nSPS) is 12.2. The van der Waals surface area contributed by atoms with Gasteiger partial charge < -0.3 is 5.32 Å². The third-order valence-electron chi connectivity index (χ3n) is 3.01. The van der Waals surface area contributed by atoms with E-state index < -0.39 is 0 Å². The van der Waals surface area contributed by atoms with Gasteiger partial charge in [-0.1, -0.05) is 22.9 Å². The predicted molar refractivity (Wildman–Crippen MR) is 79.1 cm³/mol. The number of aromatic nitrogens is 2. The molecule has 4 nitrogen and oxygen atoms in total. The van der Waals surface area contributed by atoms with Crippen LogP contribution in [0.15, 0.2) is 41.1 Å². The molecule has 0 aliphatic heterocycles. The zero-order valence-electron chi connectivity index (χ0n) is 10.9. The zero-order valence-corrected chi connectivity index (χ0v) is 12.5. The number of benzene rings is 1. The summed E-state index contributed by atoms with van der Waals surface area (Å²) in [4.78, 5) is 12.2. The van der Waals surface area contributed by atoms with Crippen molar-refractivity contribution in [2.75, 3.05) is 5.32 Å². The molecule has 0 bridgehead atoms. The van der Waals surface area contributed by atoms with Gasteiger partial charge in [-0.3, -0.25) is 9.48 Å². The Morgan fingerprint density at radius 3 is 2.95 bits per heavy atom. The minimum atomic E-state index is -0.330. The van der Waals surface area contributed by atoms with E-state index >= 15 is 0 Å². The number of nitrogens with one attached hydrogen (secondary N) is 1. The number of amides is 1. The molecule has 1 atom stereocenters. The number of aryl methyl sites for hydroxylation is 1. The first-order valence-electron chi connectivity index (χ1n) is 6.20. The molecule has 1 amide bonds. The predicted octanol–water partition coefficient (Wildman–Crippen LogP) is 3.41. The van der Waals surface area contributed by atoms with Gasteiger partial charge in [-0.2, -0.15) is 5.10 Å². The lowest BCUT2D eigenvalue weighted by molar-refractivity contribution is -0.119. The Hall–Kier alpha value is -1.62. The molecule has 1 unspecified atom stereocenters. The molecule has 19 heavy (non-hydrogen) atoms. The fraction of sp³-hybridized carbons (Fsp3) is 0.286. The highest BCUT2D eigenvalue weighted by Crippen LogP contribution is 2.22. The summed E-state index contributed by atoms with van der Waals surface area (Å²) in [5.74, 6) is -0.0688. The Balaban J connectivity index is 2.15. The van der Waals surface area contributed by atoms with E-state index in [0.29, 0.717) is 0 Å². The fourth-order valence-electron chi connectivity index (χ4n) is 1.84. The van der Waals surface area contributed by atoms with Gasteiger partial charge in [0, 0.05) is 22.6 Å². The van der Waals surface area contributed by atoms with Gasteiger partial charge in [-0.25, -0.2) is 0 Å². The molecule has 0 aliphatic rings. The highest BCUT2D eigenvalue weighted by molar-refractivity contribution is 9.10. The van der Waals surface area contributed by atoms with Gasteiger partial charge >= 0.3 is 0 Å². The second kappa shape index (κ2) is 6.02. The average molecular weight is 322 g/mol. The van der Waals surface area contributed by atoms with Crippen molar-refractivity contribution >= 4 is 27.5 Å². The monoisotopic (exact) mass is 321 g/mol. The van der Waals surface area contributed by atoms with E-state index in [2.05, 4.69) is 33.3 Å². The van der Waals surface area contributed by atoms with E-state index in [0.717, 1.165) is 22.1 Å². The van der Waals surface area contributed by atoms with Crippen molar-refractivity contribution in [2.45, 2.75) is 26.3 Å². The van der Waals surface area contributed by atoms with Gasteiger partial charge in [0.25, 0.3) is 0 Å². The number of hydrogen-bond donors (Lipinski definition) is 1. The molecule has 2 rings (SSSR count). The molecule has 2 aromatic rings. The minimum Gasteiger partial charge on any atom is -0.324 e. The lowest BCUT2D eigenvalue weighted by atomic mass is 10.1. The Morgan fingerprint density at radius 2 is 2.32 bits per heavy atom. The van der Waals surface area contributed by atoms with Crippen LogP contribution < -0.4 is 5.32 Å². The zero-order chi connectivity index (χ0) is 13.8. The first-order valence-corrected chi connectivity index (χ1v) is 6.99. The topological polar surface area (TPSA) is 46.9 Å². The Labute approximate surface area is 120 Å². The molecule has 0 radical (unpaired) electrons. The van der Waals surface area contributed by atoms with E-state index in [-0.39, 0.29) is 11.9 Å². The standard InChI is InChI=1S/C14H16BrN3O/c1-3-11-9-12(15)5-6-13(11)17-14(19)10(2)18-8-4-7-16-18/h4-10H,3H2,1-2H3,(H,17,19). The average Bonchev–Trinajstić information content (AvgIpc) is 2.93. The van der Waals surface area contributed by atoms with Crippen molar-refractivity contribution in [2.24, 2.45) is 0 Å². The second-order valence-electron chi connectivity index (χ2n) is 4.31. The van der Waals surface area contributed by atoms with Crippen molar-refractivity contribution < 1.29 is 4.79 Å². The molecule has 0 saturated carbocycles. The number of hydrogen-bond acceptors (Lipinski definition) is 2. The van der Waals surface area contributed by atoms with E-state index in [1.165, 1.54) is 0 Å². The Bertz CT molecular complexity index is 566. The summed E-state index contributed by atoms with van der Waals surface area (Å²) in [6, 6.07) is 7.34. The number of halogens is 1. The second-order valence-corrected chi connectivity index (χ2v) is 5.22. The third-order valence-corrected chi connectivity index (χ3v) is 3.50. The minimum absolute atomic E-state index is 0.0688. The van der Waals surface area contributed by atoms with Gasteiger partial charge in [-0.05, 0) is 43.2 Å². The third kappa shape index (κ3) is 3.23. The number of carbonyl (C=O) groups excluding carboxylic acids is 1. The summed E-state index contributed by atoms with van der Waals surface area (Å²) in [6.45, 7) is 3.89. The number of rotatable bonds is 4. The summed E-state index contributed by atoms with van der Waals surface area (Å²) in [6.07, 6.45) is 4.32. The molecule has 5 heteroatoms. The fourth-order valence-corrected chi connectivity index (χ4v) is 2.25. The highest BCUT2D eigenvalue weighted by atomic mass is 79.9. The molecular weight excluding hydrogens is 306 g/mol. The van der Waals surface area contributed by atoms with E-state index in [1.54, 1.807) is 23.1 Å². The number of carbonyl (C=O) groups is 1. The summed E-state index contributed by atoms with van der Waals surface area (Å²) < 4.78 is 2.65. The van der Waals surface area contributed by atoms with Crippen LogP contribution >= 0.6 is 15.9 Å². The molecule has 0 saturated heterocycles. The van der Waals surface area contributed by atoms with Crippen LogP contribution in [0, 0.1) is 0 Å². The lowest BCUT2D eigenvalue weighted by Gasteiger charge is -2.15. The van der Waals surface area contributed by atoms with Crippen LogP contribution in [0.5, 0.6) is 0 Å². The van der Waals surface area contributed by atoms with Gasteiger partial charge in [0.1, 0.15) is 6.04 Å². The maximum Gasteiger partial charge on any atom is 0.248 e. The molecule has 0 fully saturated rings. The molecule has 1 N–H and O–H groups in total. The number of anilines is 1. The molecular formula is C14H16BrN3O. The molecule has 100 valence electrons. The summed E-state index contributed by atoms with van der Waals surface area (Å²) in [7, 11) is 0. The highest BCUT2D eigenvalue weighted by Gasteiger charge is 2.16. The summed E-state index contributed by atoms with van der Waals surface area (Å²) in [5, 5.41) is 7.04. The molecule has 0 aliphatic carbocycles. The van der Waals surface area contributed by atoms with Gasteiger partial charge in [0.2, 0.25) is 5.91 Å². The van der Waals surface area contributed by atoms with Crippen molar-refractivity contribution in [3.63, 3.8) is 0 Å². The van der Waals surface area contributed by atoms with Crippen LogP contribution in [-0.4, -0.2) is 15.7 Å². The molecule has 1 aromatic heterocycles. The summed E-state index contributed by atoms with van der Waals surface area (Å²) >= 11 is 3.44. The van der Waals surface area contributed by atoms with Crippen LogP contribution in [0.25, 0.3) is 0 Å². The van der Waals surface area contributed by atoms with Crippen LogP contribution in [0.1, 0.15) is 25.5 Å². The molecule has 1 aromatic carbocycles. The lowest BCUT2D eigenvalue weighted by Crippen LogP contribution is -2.24. The van der Waals surface area contributed by atoms with Crippen LogP contribution in [0.3, 0.4) is 0 Å². The van der Waals surface area contributed by atoms with Gasteiger partial charge in [0.15, 0.2) is 0 Å². The Kier molecular flexibility index (Phi) is 4.37. The van der Waals surface area contributed by atoms with Crippen LogP contribution in [0.2, 0.25) is 0 Å². The summed E-state index contributed by atoms with van der Waals surface area (Å²) in [5.41, 5.74) is 1.96. The maximum atomic E-state index is 12.2. The molecule has 1 heterocycles. The smallest absolute Gasteiger partial charge is 0.248 e.